The molecule has 7 nitrogen and oxygen atoms in total. The number of ketones is 1. The van der Waals surface area contributed by atoms with Gasteiger partial charge in [0.15, 0.2) is 17.3 Å². The summed E-state index contributed by atoms with van der Waals surface area (Å²) in [5, 5.41) is 3.26. The number of esters is 1. The number of hydrogen-bond acceptors (Lipinski definition) is 7. The summed E-state index contributed by atoms with van der Waals surface area (Å²) < 4.78 is 21.9. The van der Waals surface area contributed by atoms with Crippen molar-refractivity contribution in [3.05, 3.63) is 52.9 Å². The molecule has 7 heteroatoms. The third kappa shape index (κ3) is 3.67. The fraction of sp³-hybridized carbons (Fsp3) is 0.391. The summed E-state index contributed by atoms with van der Waals surface area (Å²) in [4.78, 5) is 26.0. The Labute approximate surface area is 176 Å². The molecule has 1 atom stereocenters. The predicted octanol–water partition coefficient (Wildman–Crippen LogP) is 3.41. The van der Waals surface area contributed by atoms with E-state index < -0.39 is 11.9 Å². The lowest BCUT2D eigenvalue weighted by molar-refractivity contribution is -0.138. The number of benzene rings is 1. The molecule has 0 unspecified atom stereocenters. The van der Waals surface area contributed by atoms with Crippen LogP contribution in [-0.2, 0) is 14.3 Å². The van der Waals surface area contributed by atoms with Crippen LogP contribution in [0.3, 0.4) is 0 Å². The Hall–Kier alpha value is -3.22. The molecular formula is C23H27NO6. The molecule has 0 radical (unpaired) electrons. The predicted molar refractivity (Wildman–Crippen MR) is 112 cm³/mol. The number of hydrogen-bond donors (Lipinski definition) is 1. The third-order valence-corrected chi connectivity index (χ3v) is 5.37. The van der Waals surface area contributed by atoms with Gasteiger partial charge in [0.2, 0.25) is 5.75 Å². The number of carbonyl (C=O) groups is 2. The molecule has 1 aliphatic carbocycles. The van der Waals surface area contributed by atoms with Crippen LogP contribution in [0.15, 0.2) is 47.3 Å². The number of methoxy groups -OCH3 is 3. The summed E-state index contributed by atoms with van der Waals surface area (Å²) in [6, 6.07) is 3.55. The Morgan fingerprint density at radius 3 is 2.53 bits per heavy atom. The Bertz CT molecular complexity index is 943. The highest BCUT2D eigenvalue weighted by molar-refractivity contribution is 6.04. The Morgan fingerprint density at radius 2 is 1.90 bits per heavy atom. The lowest BCUT2D eigenvalue weighted by Crippen LogP contribution is -2.34. The quantitative estimate of drug-likeness (QED) is 0.542. The molecule has 1 aromatic rings. The first-order valence-electron chi connectivity index (χ1n) is 9.79. The third-order valence-electron chi connectivity index (χ3n) is 5.37. The fourth-order valence-corrected chi connectivity index (χ4v) is 4.13. The van der Waals surface area contributed by atoms with Crippen LogP contribution in [0.5, 0.6) is 17.2 Å². The van der Waals surface area contributed by atoms with Crippen LogP contribution in [0.1, 0.15) is 37.7 Å². The lowest BCUT2D eigenvalue weighted by atomic mass is 9.75. The van der Waals surface area contributed by atoms with Crippen molar-refractivity contribution in [2.24, 2.45) is 0 Å². The minimum absolute atomic E-state index is 0.00658. The van der Waals surface area contributed by atoms with Crippen LogP contribution in [-0.4, -0.2) is 39.7 Å². The summed E-state index contributed by atoms with van der Waals surface area (Å²) >= 11 is 0. The van der Waals surface area contributed by atoms with Crippen molar-refractivity contribution in [1.29, 1.82) is 0 Å². The average Bonchev–Trinajstić information content (AvgIpc) is 2.75. The van der Waals surface area contributed by atoms with Gasteiger partial charge in [-0.05, 0) is 25.8 Å². The maximum absolute atomic E-state index is 13.0. The van der Waals surface area contributed by atoms with Crippen molar-refractivity contribution < 1.29 is 28.5 Å². The minimum Gasteiger partial charge on any atom is -0.493 e. The zero-order valence-electron chi connectivity index (χ0n) is 17.8. The van der Waals surface area contributed by atoms with Crippen molar-refractivity contribution in [1.82, 2.24) is 5.32 Å². The lowest BCUT2D eigenvalue weighted by Gasteiger charge is -2.34. The molecule has 160 valence electrons. The van der Waals surface area contributed by atoms with Gasteiger partial charge in [-0.15, -0.1) is 0 Å². The summed E-state index contributed by atoms with van der Waals surface area (Å²) in [6.45, 7) is 5.49. The van der Waals surface area contributed by atoms with Crippen LogP contribution < -0.4 is 19.5 Å². The molecule has 30 heavy (non-hydrogen) atoms. The van der Waals surface area contributed by atoms with E-state index in [2.05, 4.69) is 11.9 Å². The molecule has 3 rings (SSSR count). The summed E-state index contributed by atoms with van der Waals surface area (Å²) in [6.07, 6.45) is 3.44. The SMILES string of the molecule is C=CCOC(=O)C1=C(C)NC2=C(C(=O)CCC2)[C@@H]1c1ccc(OC)c(OC)c1OC. The molecule has 1 aliphatic heterocycles. The first kappa shape index (κ1) is 21.5. The molecule has 0 spiro atoms. The van der Waals surface area contributed by atoms with E-state index in [1.807, 2.05) is 6.92 Å². The van der Waals surface area contributed by atoms with E-state index in [9.17, 15) is 9.59 Å². The van der Waals surface area contributed by atoms with Crippen molar-refractivity contribution in [2.75, 3.05) is 27.9 Å². The molecule has 0 bridgehead atoms. The van der Waals surface area contributed by atoms with E-state index >= 15 is 0 Å². The number of ether oxygens (including phenoxy) is 4. The van der Waals surface area contributed by atoms with Crippen molar-refractivity contribution in [3.8, 4) is 17.2 Å². The van der Waals surface area contributed by atoms with Gasteiger partial charge in [-0.3, -0.25) is 4.79 Å². The molecule has 1 N–H and O–H groups in total. The van der Waals surface area contributed by atoms with Crippen molar-refractivity contribution in [2.45, 2.75) is 32.1 Å². The van der Waals surface area contributed by atoms with Gasteiger partial charge < -0.3 is 24.3 Å². The monoisotopic (exact) mass is 413 g/mol. The topological polar surface area (TPSA) is 83.1 Å². The van der Waals surface area contributed by atoms with Gasteiger partial charge in [-0.1, -0.05) is 18.7 Å². The van der Waals surface area contributed by atoms with Gasteiger partial charge in [0.05, 0.1) is 32.8 Å². The van der Waals surface area contributed by atoms with E-state index in [4.69, 9.17) is 18.9 Å². The standard InChI is InChI=1S/C23H27NO6/c1-6-12-30-23(26)18-13(2)24-15-8-7-9-16(25)20(15)19(18)14-10-11-17(27-3)22(29-5)21(14)28-4/h6,10-11,19,24H,1,7-9,12H2,2-5H3/t19-/m1/s1. The maximum atomic E-state index is 13.0. The number of nitrogens with one attached hydrogen (secondary N) is 1. The second-order valence-electron chi connectivity index (χ2n) is 7.08. The zero-order valence-corrected chi connectivity index (χ0v) is 17.8. The molecule has 0 amide bonds. The zero-order chi connectivity index (χ0) is 21.8. The molecule has 1 heterocycles. The highest BCUT2D eigenvalue weighted by atomic mass is 16.5. The van der Waals surface area contributed by atoms with Crippen LogP contribution >= 0.6 is 0 Å². The van der Waals surface area contributed by atoms with Crippen molar-refractivity contribution >= 4 is 11.8 Å². The van der Waals surface area contributed by atoms with Crippen LogP contribution in [0.4, 0.5) is 0 Å². The Kier molecular flexibility index (Phi) is 6.50. The smallest absolute Gasteiger partial charge is 0.337 e. The number of allylic oxidation sites excluding steroid dienone is 3. The average molecular weight is 413 g/mol. The van der Waals surface area contributed by atoms with Gasteiger partial charge in [0, 0.05) is 29.0 Å². The normalized spacial score (nSPS) is 18.4. The number of rotatable bonds is 7. The van der Waals surface area contributed by atoms with Crippen molar-refractivity contribution in [3.63, 3.8) is 0 Å². The van der Waals surface area contributed by atoms with E-state index in [-0.39, 0.29) is 12.4 Å². The summed E-state index contributed by atoms with van der Waals surface area (Å²) in [7, 11) is 4.57. The summed E-state index contributed by atoms with van der Waals surface area (Å²) in [5.41, 5.74) is 3.08. The molecule has 0 saturated heterocycles. The number of Topliss-reactive ketones (excluding diaryl/α,β-unsaturated/α-hetero) is 1. The first-order valence-corrected chi connectivity index (χ1v) is 9.79. The van der Waals surface area contributed by atoms with Gasteiger partial charge in [0.1, 0.15) is 6.61 Å². The van der Waals surface area contributed by atoms with Gasteiger partial charge in [-0.25, -0.2) is 4.79 Å². The number of carbonyl (C=O) groups excluding carboxylic acids is 2. The maximum Gasteiger partial charge on any atom is 0.337 e. The van der Waals surface area contributed by atoms with Crippen LogP contribution in [0, 0.1) is 0 Å². The molecule has 0 aromatic heterocycles. The highest BCUT2D eigenvalue weighted by Gasteiger charge is 2.41. The molecule has 0 fully saturated rings. The van der Waals surface area contributed by atoms with E-state index in [1.54, 1.807) is 12.1 Å². The fourth-order valence-electron chi connectivity index (χ4n) is 4.13. The van der Waals surface area contributed by atoms with Crippen LogP contribution in [0.25, 0.3) is 0 Å². The Balaban J connectivity index is 2.26. The largest absolute Gasteiger partial charge is 0.493 e. The molecular weight excluding hydrogens is 386 g/mol. The highest BCUT2D eigenvalue weighted by Crippen LogP contribution is 2.49. The van der Waals surface area contributed by atoms with Gasteiger partial charge >= 0.3 is 5.97 Å². The van der Waals surface area contributed by atoms with E-state index in [1.165, 1.54) is 27.4 Å². The van der Waals surface area contributed by atoms with E-state index in [0.29, 0.717) is 46.1 Å². The second kappa shape index (κ2) is 9.07. The van der Waals surface area contributed by atoms with Crippen LogP contribution in [0.2, 0.25) is 0 Å². The minimum atomic E-state index is -0.638. The molecule has 1 aromatic carbocycles. The Morgan fingerprint density at radius 1 is 1.17 bits per heavy atom. The van der Waals surface area contributed by atoms with Gasteiger partial charge in [0.25, 0.3) is 0 Å². The first-order chi connectivity index (χ1) is 14.5. The molecule has 0 saturated carbocycles. The summed E-state index contributed by atoms with van der Waals surface area (Å²) in [5.74, 6) is 0.168. The second-order valence-corrected chi connectivity index (χ2v) is 7.08. The molecule has 2 aliphatic rings. The number of dihydropyridines is 1. The van der Waals surface area contributed by atoms with Gasteiger partial charge in [-0.2, -0.15) is 0 Å². The van der Waals surface area contributed by atoms with E-state index in [0.717, 1.165) is 18.5 Å².